The van der Waals surface area contributed by atoms with Gasteiger partial charge in [-0.2, -0.15) is 0 Å². The molecule has 19 heavy (non-hydrogen) atoms. The first-order chi connectivity index (χ1) is 9.08. The third-order valence-electron chi connectivity index (χ3n) is 3.64. The molecule has 1 amide bonds. The van der Waals surface area contributed by atoms with Crippen molar-refractivity contribution < 1.29 is 9.90 Å². The second-order valence-electron chi connectivity index (χ2n) is 5.06. The second-order valence-corrected chi connectivity index (χ2v) is 5.91. The van der Waals surface area contributed by atoms with Gasteiger partial charge in [-0.15, -0.1) is 0 Å². The van der Waals surface area contributed by atoms with Crippen molar-refractivity contribution in [2.45, 2.75) is 38.3 Å². The molecule has 1 aromatic rings. The Bertz CT molecular complexity index is 459. The molecule has 1 aliphatic carbocycles. The van der Waals surface area contributed by atoms with Gasteiger partial charge in [0.1, 0.15) is 5.75 Å². The Balaban J connectivity index is 2.14. The minimum atomic E-state index is -0.318. The molecule has 2 rings (SSSR count). The number of phenols is 1. The molecule has 0 heterocycles. The SMILES string of the molecule is NC(=O)CN(Cc1cccc(Br)c1O)C1CCCC1. The number of benzene rings is 1. The van der Waals surface area contributed by atoms with E-state index in [1.807, 2.05) is 12.1 Å². The van der Waals surface area contributed by atoms with Gasteiger partial charge in [-0.3, -0.25) is 9.69 Å². The molecular weight excluding hydrogens is 308 g/mol. The molecule has 0 unspecified atom stereocenters. The van der Waals surface area contributed by atoms with Gasteiger partial charge in [0, 0.05) is 18.2 Å². The molecule has 1 fully saturated rings. The zero-order chi connectivity index (χ0) is 13.8. The quantitative estimate of drug-likeness (QED) is 0.873. The fraction of sp³-hybridized carbons (Fsp3) is 0.500. The Labute approximate surface area is 121 Å². The van der Waals surface area contributed by atoms with Crippen LogP contribution in [0.3, 0.4) is 0 Å². The molecule has 0 aliphatic heterocycles. The van der Waals surface area contributed by atoms with Crippen molar-refractivity contribution >= 4 is 21.8 Å². The van der Waals surface area contributed by atoms with Crippen LogP contribution in [0.15, 0.2) is 22.7 Å². The van der Waals surface area contributed by atoms with Gasteiger partial charge < -0.3 is 10.8 Å². The molecule has 0 radical (unpaired) electrons. The number of phenolic OH excluding ortho intramolecular Hbond substituents is 1. The van der Waals surface area contributed by atoms with Crippen molar-refractivity contribution in [3.8, 4) is 5.75 Å². The molecule has 0 bridgehead atoms. The number of rotatable bonds is 5. The molecule has 0 saturated heterocycles. The van der Waals surface area contributed by atoms with Crippen molar-refractivity contribution in [3.05, 3.63) is 28.2 Å². The highest BCUT2D eigenvalue weighted by Crippen LogP contribution is 2.30. The van der Waals surface area contributed by atoms with Gasteiger partial charge in [-0.1, -0.05) is 25.0 Å². The number of nitrogens with zero attached hydrogens (tertiary/aromatic N) is 1. The summed E-state index contributed by atoms with van der Waals surface area (Å²) < 4.78 is 0.676. The molecule has 4 nitrogen and oxygen atoms in total. The molecule has 5 heteroatoms. The maximum atomic E-state index is 11.2. The number of para-hydroxylation sites is 1. The molecule has 1 aliphatic rings. The number of carbonyl (C=O) groups is 1. The van der Waals surface area contributed by atoms with Gasteiger partial charge in [0.2, 0.25) is 5.91 Å². The molecule has 0 aromatic heterocycles. The van der Waals surface area contributed by atoms with Crippen LogP contribution in [-0.4, -0.2) is 28.5 Å². The van der Waals surface area contributed by atoms with Crippen molar-refractivity contribution in [2.24, 2.45) is 5.73 Å². The predicted octanol–water partition coefficient (Wildman–Crippen LogP) is 2.38. The zero-order valence-corrected chi connectivity index (χ0v) is 12.4. The molecule has 3 N–H and O–H groups in total. The van der Waals surface area contributed by atoms with Crippen LogP contribution in [0.5, 0.6) is 5.75 Å². The third kappa shape index (κ3) is 3.70. The number of aromatic hydroxyl groups is 1. The van der Waals surface area contributed by atoms with Gasteiger partial charge in [0.15, 0.2) is 0 Å². The molecular formula is C14H19BrN2O2. The maximum absolute atomic E-state index is 11.2. The van der Waals surface area contributed by atoms with Gasteiger partial charge in [-0.25, -0.2) is 0 Å². The van der Waals surface area contributed by atoms with E-state index in [1.54, 1.807) is 6.07 Å². The molecule has 1 saturated carbocycles. The van der Waals surface area contributed by atoms with E-state index >= 15 is 0 Å². The highest BCUT2D eigenvalue weighted by molar-refractivity contribution is 9.10. The monoisotopic (exact) mass is 326 g/mol. The lowest BCUT2D eigenvalue weighted by molar-refractivity contribution is -0.119. The van der Waals surface area contributed by atoms with Crippen LogP contribution in [0.4, 0.5) is 0 Å². The van der Waals surface area contributed by atoms with Crippen LogP contribution < -0.4 is 5.73 Å². The van der Waals surface area contributed by atoms with Crippen LogP contribution in [0, 0.1) is 0 Å². The fourth-order valence-electron chi connectivity index (χ4n) is 2.69. The Morgan fingerprint density at radius 3 is 2.74 bits per heavy atom. The van der Waals surface area contributed by atoms with Crippen LogP contribution in [0.25, 0.3) is 0 Å². The molecule has 0 atom stereocenters. The van der Waals surface area contributed by atoms with Gasteiger partial charge >= 0.3 is 0 Å². The van der Waals surface area contributed by atoms with E-state index in [1.165, 1.54) is 12.8 Å². The normalized spacial score (nSPS) is 16.1. The number of nitrogens with two attached hydrogens (primary N) is 1. The smallest absolute Gasteiger partial charge is 0.231 e. The highest BCUT2D eigenvalue weighted by Gasteiger charge is 2.24. The average molecular weight is 327 g/mol. The lowest BCUT2D eigenvalue weighted by Gasteiger charge is -2.27. The van der Waals surface area contributed by atoms with E-state index in [2.05, 4.69) is 20.8 Å². The summed E-state index contributed by atoms with van der Waals surface area (Å²) in [6.07, 6.45) is 4.60. The summed E-state index contributed by atoms with van der Waals surface area (Å²) >= 11 is 3.31. The van der Waals surface area contributed by atoms with E-state index in [0.717, 1.165) is 18.4 Å². The minimum Gasteiger partial charge on any atom is -0.506 e. The van der Waals surface area contributed by atoms with Crippen LogP contribution in [-0.2, 0) is 11.3 Å². The number of hydrogen-bond donors (Lipinski definition) is 2. The first-order valence-corrected chi connectivity index (χ1v) is 7.36. The number of carbonyl (C=O) groups excluding carboxylic acids is 1. The summed E-state index contributed by atoms with van der Waals surface area (Å²) in [4.78, 5) is 13.3. The average Bonchev–Trinajstić information content (AvgIpc) is 2.87. The summed E-state index contributed by atoms with van der Waals surface area (Å²) in [6, 6.07) is 5.96. The highest BCUT2D eigenvalue weighted by atomic mass is 79.9. The Kier molecular flexibility index (Phi) is 4.82. The van der Waals surface area contributed by atoms with Crippen molar-refractivity contribution in [3.63, 3.8) is 0 Å². The van der Waals surface area contributed by atoms with Gasteiger partial charge in [0.05, 0.1) is 11.0 Å². The number of primary amides is 1. The molecule has 104 valence electrons. The minimum absolute atomic E-state index is 0.245. The first-order valence-electron chi connectivity index (χ1n) is 6.56. The molecule has 1 aromatic carbocycles. The topological polar surface area (TPSA) is 66.6 Å². The summed E-state index contributed by atoms with van der Waals surface area (Å²) in [5, 5.41) is 10.0. The molecule has 0 spiro atoms. The third-order valence-corrected chi connectivity index (χ3v) is 4.28. The fourth-order valence-corrected chi connectivity index (χ4v) is 3.10. The summed E-state index contributed by atoms with van der Waals surface area (Å²) in [5.41, 5.74) is 6.15. The van der Waals surface area contributed by atoms with Gasteiger partial charge in [-0.05, 0) is 34.8 Å². The van der Waals surface area contributed by atoms with Crippen LogP contribution in [0.1, 0.15) is 31.2 Å². The van der Waals surface area contributed by atoms with E-state index in [0.29, 0.717) is 17.1 Å². The van der Waals surface area contributed by atoms with Crippen molar-refractivity contribution in [2.75, 3.05) is 6.54 Å². The van der Waals surface area contributed by atoms with Crippen LogP contribution >= 0.6 is 15.9 Å². The van der Waals surface area contributed by atoms with Crippen molar-refractivity contribution in [1.82, 2.24) is 4.90 Å². The van der Waals surface area contributed by atoms with E-state index in [4.69, 9.17) is 5.73 Å². The largest absolute Gasteiger partial charge is 0.506 e. The predicted molar refractivity (Wildman–Crippen MR) is 77.7 cm³/mol. The Hall–Kier alpha value is -1.07. The summed E-state index contributed by atoms with van der Waals surface area (Å²) in [5.74, 6) is -0.0728. The van der Waals surface area contributed by atoms with E-state index in [9.17, 15) is 9.90 Å². The first kappa shape index (κ1) is 14.3. The van der Waals surface area contributed by atoms with E-state index in [-0.39, 0.29) is 18.2 Å². The van der Waals surface area contributed by atoms with Crippen LogP contribution in [0.2, 0.25) is 0 Å². The number of hydrogen-bond acceptors (Lipinski definition) is 3. The maximum Gasteiger partial charge on any atom is 0.231 e. The lowest BCUT2D eigenvalue weighted by atomic mass is 10.1. The zero-order valence-electron chi connectivity index (χ0n) is 10.8. The summed E-state index contributed by atoms with van der Waals surface area (Å²) in [7, 11) is 0. The summed E-state index contributed by atoms with van der Waals surface area (Å²) in [6.45, 7) is 0.801. The van der Waals surface area contributed by atoms with Gasteiger partial charge in [0.25, 0.3) is 0 Å². The number of halogens is 1. The lowest BCUT2D eigenvalue weighted by Crippen LogP contribution is -2.39. The Morgan fingerprint density at radius 2 is 2.11 bits per heavy atom. The Morgan fingerprint density at radius 1 is 1.42 bits per heavy atom. The van der Waals surface area contributed by atoms with E-state index < -0.39 is 0 Å². The second kappa shape index (κ2) is 6.39. The standard InChI is InChI=1S/C14H19BrN2O2/c15-12-7-3-4-10(14(12)19)8-17(9-13(16)18)11-5-1-2-6-11/h3-4,7,11,19H,1-2,5-6,8-9H2,(H2,16,18). The van der Waals surface area contributed by atoms with Crippen molar-refractivity contribution in [1.29, 1.82) is 0 Å². The number of amides is 1.